The van der Waals surface area contributed by atoms with Gasteiger partial charge in [0.1, 0.15) is 11.6 Å². The number of fused-ring (bicyclic) bond motifs is 1. The Hall–Kier alpha value is -1.39. The summed E-state index contributed by atoms with van der Waals surface area (Å²) in [5, 5.41) is 8.73. The Morgan fingerprint density at radius 3 is 2.80 bits per heavy atom. The molecule has 0 bridgehead atoms. The number of esters is 1. The Morgan fingerprint density at radius 1 is 1.25 bits per heavy atom. The van der Waals surface area contributed by atoms with Crippen LogP contribution in [0.5, 0.6) is 0 Å². The molecule has 1 unspecified atom stereocenters. The first kappa shape index (κ1) is 13.6. The molecule has 2 heterocycles. The molecule has 110 valence electrons. The number of carbonyl (C=O) groups excluding carboxylic acids is 1. The van der Waals surface area contributed by atoms with Crippen molar-refractivity contribution in [2.75, 3.05) is 7.11 Å². The van der Waals surface area contributed by atoms with Gasteiger partial charge < -0.3 is 9.30 Å². The molecule has 20 heavy (non-hydrogen) atoms. The van der Waals surface area contributed by atoms with Gasteiger partial charge in [-0.3, -0.25) is 4.79 Å². The number of hydrogen-bond acceptors (Lipinski definition) is 4. The number of rotatable bonds is 3. The average molecular weight is 277 g/mol. The second-order valence-electron chi connectivity index (χ2n) is 6.09. The van der Waals surface area contributed by atoms with Crippen LogP contribution in [0.4, 0.5) is 0 Å². The molecule has 0 N–H and O–H groups in total. The van der Waals surface area contributed by atoms with Crippen LogP contribution in [0.2, 0.25) is 0 Å². The summed E-state index contributed by atoms with van der Waals surface area (Å²) in [6, 6.07) is 0. The largest absolute Gasteiger partial charge is 0.469 e. The van der Waals surface area contributed by atoms with Crippen molar-refractivity contribution in [3.8, 4) is 0 Å². The maximum Gasteiger partial charge on any atom is 0.308 e. The molecule has 0 amide bonds. The zero-order valence-corrected chi connectivity index (χ0v) is 12.2. The van der Waals surface area contributed by atoms with E-state index in [1.54, 1.807) is 0 Å². The van der Waals surface area contributed by atoms with Gasteiger partial charge in [0, 0.05) is 19.4 Å². The zero-order valence-electron chi connectivity index (χ0n) is 12.2. The minimum Gasteiger partial charge on any atom is -0.469 e. The van der Waals surface area contributed by atoms with Crippen LogP contribution in [0.3, 0.4) is 0 Å². The van der Waals surface area contributed by atoms with E-state index in [2.05, 4.69) is 14.8 Å². The number of nitrogens with zero attached hydrogens (tertiary/aromatic N) is 3. The number of hydrogen-bond donors (Lipinski definition) is 0. The quantitative estimate of drug-likeness (QED) is 0.794. The molecule has 1 atom stereocenters. The lowest BCUT2D eigenvalue weighted by molar-refractivity contribution is -0.145. The molecule has 1 fully saturated rings. The van der Waals surface area contributed by atoms with E-state index in [1.165, 1.54) is 32.8 Å². The summed E-state index contributed by atoms with van der Waals surface area (Å²) in [7, 11) is 1.47. The Kier molecular flexibility index (Phi) is 4.03. The Morgan fingerprint density at radius 2 is 2.05 bits per heavy atom. The highest BCUT2D eigenvalue weighted by Gasteiger charge is 2.26. The fourth-order valence-electron chi connectivity index (χ4n) is 3.57. The number of methoxy groups -OCH3 is 1. The standard InChI is InChI=1S/C15H23N3O2/c1-20-15(19)12-6-7-13-16-17-14(18(13)9-8-12)10-11-4-2-3-5-11/h11-12H,2-10H2,1H3. The van der Waals surface area contributed by atoms with E-state index in [0.717, 1.165) is 49.8 Å². The van der Waals surface area contributed by atoms with Crippen LogP contribution < -0.4 is 0 Å². The van der Waals surface area contributed by atoms with Gasteiger partial charge in [-0.05, 0) is 18.8 Å². The molecule has 5 heteroatoms. The summed E-state index contributed by atoms with van der Waals surface area (Å²) in [6.45, 7) is 0.851. The van der Waals surface area contributed by atoms with Crippen LogP contribution in [0, 0.1) is 11.8 Å². The van der Waals surface area contributed by atoms with Gasteiger partial charge in [-0.1, -0.05) is 25.7 Å². The number of ether oxygens (including phenoxy) is 1. The predicted octanol–water partition coefficient (Wildman–Crippen LogP) is 2.14. The van der Waals surface area contributed by atoms with Crippen LogP contribution >= 0.6 is 0 Å². The number of aryl methyl sites for hydroxylation is 1. The first-order valence-corrected chi connectivity index (χ1v) is 7.76. The van der Waals surface area contributed by atoms with E-state index >= 15 is 0 Å². The minimum absolute atomic E-state index is 0.0148. The highest BCUT2D eigenvalue weighted by atomic mass is 16.5. The van der Waals surface area contributed by atoms with E-state index in [0.29, 0.717) is 0 Å². The van der Waals surface area contributed by atoms with Crippen LogP contribution in [0.15, 0.2) is 0 Å². The second-order valence-corrected chi connectivity index (χ2v) is 6.09. The lowest BCUT2D eigenvalue weighted by atomic mass is 10.0. The maximum absolute atomic E-state index is 11.7. The summed E-state index contributed by atoms with van der Waals surface area (Å²) in [6.07, 6.45) is 8.92. The molecule has 0 radical (unpaired) electrons. The normalized spacial score (nSPS) is 23.4. The van der Waals surface area contributed by atoms with E-state index in [4.69, 9.17) is 4.74 Å². The van der Waals surface area contributed by atoms with E-state index in [9.17, 15) is 4.79 Å². The van der Waals surface area contributed by atoms with Crippen molar-refractivity contribution >= 4 is 5.97 Å². The highest BCUT2D eigenvalue weighted by Crippen LogP contribution is 2.29. The average Bonchev–Trinajstić information content (AvgIpc) is 3.05. The fourth-order valence-corrected chi connectivity index (χ4v) is 3.57. The maximum atomic E-state index is 11.7. The van der Waals surface area contributed by atoms with E-state index < -0.39 is 0 Å². The van der Waals surface area contributed by atoms with Crippen molar-refractivity contribution < 1.29 is 9.53 Å². The lowest BCUT2D eigenvalue weighted by Crippen LogP contribution is -2.17. The van der Waals surface area contributed by atoms with Crippen molar-refractivity contribution in [2.45, 2.75) is 57.9 Å². The van der Waals surface area contributed by atoms with Gasteiger partial charge in [-0.2, -0.15) is 0 Å². The topological polar surface area (TPSA) is 57.0 Å². The van der Waals surface area contributed by atoms with Crippen molar-refractivity contribution in [2.24, 2.45) is 11.8 Å². The van der Waals surface area contributed by atoms with Crippen molar-refractivity contribution in [1.29, 1.82) is 0 Å². The van der Waals surface area contributed by atoms with Crippen LogP contribution in [-0.4, -0.2) is 27.8 Å². The summed E-state index contributed by atoms with van der Waals surface area (Å²) in [4.78, 5) is 11.7. The molecule has 1 aromatic heterocycles. The number of aromatic nitrogens is 3. The molecule has 1 aliphatic heterocycles. The third-order valence-corrected chi connectivity index (χ3v) is 4.80. The molecule has 0 saturated heterocycles. The van der Waals surface area contributed by atoms with Crippen molar-refractivity contribution in [3.63, 3.8) is 0 Å². The SMILES string of the molecule is COC(=O)C1CCc2nnc(CC3CCCC3)n2CC1. The van der Waals surface area contributed by atoms with Gasteiger partial charge in [-0.25, -0.2) is 0 Å². The third kappa shape index (κ3) is 2.72. The molecule has 0 spiro atoms. The first-order valence-electron chi connectivity index (χ1n) is 7.76. The third-order valence-electron chi connectivity index (χ3n) is 4.80. The molecule has 2 aliphatic rings. The van der Waals surface area contributed by atoms with Crippen LogP contribution in [-0.2, 0) is 28.9 Å². The van der Waals surface area contributed by atoms with Crippen molar-refractivity contribution in [1.82, 2.24) is 14.8 Å². The number of carbonyl (C=O) groups is 1. The molecular weight excluding hydrogens is 254 g/mol. The second kappa shape index (κ2) is 5.94. The molecule has 0 aromatic carbocycles. The first-order chi connectivity index (χ1) is 9.78. The van der Waals surface area contributed by atoms with Crippen LogP contribution in [0.25, 0.3) is 0 Å². The Bertz CT molecular complexity index is 477. The Balaban J connectivity index is 1.69. The summed E-state index contributed by atoms with van der Waals surface area (Å²) in [5.74, 6) is 2.88. The zero-order chi connectivity index (χ0) is 13.9. The molecule has 1 aromatic rings. The van der Waals surface area contributed by atoms with Gasteiger partial charge >= 0.3 is 5.97 Å². The Labute approximate surface area is 119 Å². The van der Waals surface area contributed by atoms with Crippen LogP contribution in [0.1, 0.15) is 50.2 Å². The van der Waals surface area contributed by atoms with Gasteiger partial charge in [0.25, 0.3) is 0 Å². The van der Waals surface area contributed by atoms with E-state index in [1.807, 2.05) is 0 Å². The fraction of sp³-hybridized carbons (Fsp3) is 0.800. The molecule has 3 rings (SSSR count). The van der Waals surface area contributed by atoms with Gasteiger partial charge in [0.15, 0.2) is 0 Å². The van der Waals surface area contributed by atoms with Gasteiger partial charge in [0.2, 0.25) is 0 Å². The molecule has 5 nitrogen and oxygen atoms in total. The summed E-state index contributed by atoms with van der Waals surface area (Å²) in [5.41, 5.74) is 0. The molecular formula is C15H23N3O2. The minimum atomic E-state index is -0.0824. The summed E-state index contributed by atoms with van der Waals surface area (Å²) < 4.78 is 7.13. The lowest BCUT2D eigenvalue weighted by Gasteiger charge is -2.12. The monoisotopic (exact) mass is 277 g/mol. The molecule has 1 saturated carbocycles. The predicted molar refractivity (Wildman–Crippen MR) is 74.1 cm³/mol. The van der Waals surface area contributed by atoms with Gasteiger partial charge in [-0.15, -0.1) is 10.2 Å². The smallest absolute Gasteiger partial charge is 0.308 e. The molecule has 1 aliphatic carbocycles. The van der Waals surface area contributed by atoms with E-state index in [-0.39, 0.29) is 11.9 Å². The van der Waals surface area contributed by atoms with Gasteiger partial charge in [0.05, 0.1) is 13.0 Å². The summed E-state index contributed by atoms with van der Waals surface area (Å²) >= 11 is 0. The van der Waals surface area contributed by atoms with Crippen molar-refractivity contribution in [3.05, 3.63) is 11.6 Å². The highest BCUT2D eigenvalue weighted by molar-refractivity contribution is 5.72.